The maximum Gasteiger partial charge on any atom is 0.0558 e. The van der Waals surface area contributed by atoms with Gasteiger partial charge < -0.3 is 10.4 Å². The average molecular weight is 270 g/mol. The Hall–Kier alpha value is -0.120. The van der Waals surface area contributed by atoms with Gasteiger partial charge in [-0.3, -0.25) is 4.90 Å². The van der Waals surface area contributed by atoms with Gasteiger partial charge in [0.25, 0.3) is 0 Å². The molecule has 0 radical (unpaired) electrons. The zero-order valence-corrected chi connectivity index (χ0v) is 13.2. The van der Waals surface area contributed by atoms with Crippen molar-refractivity contribution < 1.29 is 5.11 Å². The van der Waals surface area contributed by atoms with Crippen LogP contribution in [0.2, 0.25) is 0 Å². The second-order valence-electron chi connectivity index (χ2n) is 6.48. The third-order valence-corrected chi connectivity index (χ3v) is 4.57. The molecule has 0 aliphatic heterocycles. The van der Waals surface area contributed by atoms with Crippen molar-refractivity contribution in [1.82, 2.24) is 10.2 Å². The first kappa shape index (κ1) is 16.9. The lowest BCUT2D eigenvalue weighted by Gasteiger charge is -2.40. The van der Waals surface area contributed by atoms with Gasteiger partial charge in [-0.25, -0.2) is 0 Å². The summed E-state index contributed by atoms with van der Waals surface area (Å²) < 4.78 is 0. The Morgan fingerprint density at radius 2 is 1.79 bits per heavy atom. The van der Waals surface area contributed by atoms with Crippen LogP contribution in [0.4, 0.5) is 0 Å². The molecule has 0 spiro atoms. The Bertz CT molecular complexity index is 223. The van der Waals surface area contributed by atoms with E-state index in [-0.39, 0.29) is 6.61 Å². The molecule has 0 heterocycles. The molecule has 1 fully saturated rings. The lowest BCUT2D eigenvalue weighted by atomic mass is 9.79. The number of aliphatic hydroxyl groups excluding tert-OH is 1. The average Bonchev–Trinajstić information content (AvgIpc) is 2.62. The number of hydrogen-bond acceptors (Lipinski definition) is 3. The number of rotatable bonds is 8. The van der Waals surface area contributed by atoms with Crippen LogP contribution in [0.1, 0.15) is 59.3 Å². The maximum absolute atomic E-state index is 9.27. The summed E-state index contributed by atoms with van der Waals surface area (Å²) in [6, 6.07) is 0.522. The molecule has 0 atom stereocenters. The van der Waals surface area contributed by atoms with Gasteiger partial charge in [0.2, 0.25) is 0 Å². The number of aliphatic hydroxyl groups is 1. The summed E-state index contributed by atoms with van der Waals surface area (Å²) in [7, 11) is 0. The van der Waals surface area contributed by atoms with Crippen molar-refractivity contribution in [3.8, 4) is 0 Å². The summed E-state index contributed by atoms with van der Waals surface area (Å²) >= 11 is 0. The Labute approximate surface area is 119 Å². The van der Waals surface area contributed by atoms with Crippen molar-refractivity contribution in [1.29, 1.82) is 0 Å². The molecule has 1 rings (SSSR count). The molecule has 0 aromatic rings. The van der Waals surface area contributed by atoms with Crippen molar-refractivity contribution in [3.63, 3.8) is 0 Å². The van der Waals surface area contributed by atoms with Crippen LogP contribution in [0.15, 0.2) is 0 Å². The molecule has 114 valence electrons. The van der Waals surface area contributed by atoms with Gasteiger partial charge in [0.05, 0.1) is 6.61 Å². The Balaban J connectivity index is 2.69. The summed E-state index contributed by atoms with van der Waals surface area (Å²) in [4.78, 5) is 2.46. The highest BCUT2D eigenvalue weighted by atomic mass is 16.3. The molecule has 0 bridgehead atoms. The summed E-state index contributed by atoms with van der Waals surface area (Å²) in [6.45, 7) is 11.1. The van der Waals surface area contributed by atoms with Gasteiger partial charge in [0, 0.05) is 25.7 Å². The first-order valence-electron chi connectivity index (χ1n) is 8.19. The second kappa shape index (κ2) is 8.93. The Morgan fingerprint density at radius 1 is 1.16 bits per heavy atom. The van der Waals surface area contributed by atoms with Crippen LogP contribution >= 0.6 is 0 Å². The zero-order chi connectivity index (χ0) is 14.1. The summed E-state index contributed by atoms with van der Waals surface area (Å²) in [5.41, 5.74) is 0.423. The number of nitrogens with zero attached hydrogens (tertiary/aromatic N) is 1. The first-order valence-corrected chi connectivity index (χ1v) is 8.19. The second-order valence-corrected chi connectivity index (χ2v) is 6.48. The molecule has 3 heteroatoms. The first-order chi connectivity index (χ1) is 9.13. The number of hydrogen-bond donors (Lipinski definition) is 2. The number of nitrogens with one attached hydrogen (secondary N) is 1. The maximum atomic E-state index is 9.27. The minimum atomic E-state index is 0.273. The normalized spacial score (nSPS) is 19.9. The minimum Gasteiger partial charge on any atom is -0.395 e. The van der Waals surface area contributed by atoms with Crippen LogP contribution in [0.5, 0.6) is 0 Å². The topological polar surface area (TPSA) is 35.5 Å². The van der Waals surface area contributed by atoms with Gasteiger partial charge >= 0.3 is 0 Å². The molecule has 0 aromatic heterocycles. The van der Waals surface area contributed by atoms with Gasteiger partial charge in [-0.05, 0) is 38.6 Å². The van der Waals surface area contributed by atoms with Crippen LogP contribution in [0.25, 0.3) is 0 Å². The fourth-order valence-corrected chi connectivity index (χ4v) is 3.34. The van der Waals surface area contributed by atoms with Crippen LogP contribution in [-0.4, -0.2) is 48.8 Å². The molecular weight excluding hydrogens is 236 g/mol. The largest absolute Gasteiger partial charge is 0.395 e. The van der Waals surface area contributed by atoms with Gasteiger partial charge in [-0.1, -0.05) is 32.6 Å². The van der Waals surface area contributed by atoms with E-state index >= 15 is 0 Å². The van der Waals surface area contributed by atoms with Gasteiger partial charge in [-0.15, -0.1) is 0 Å². The monoisotopic (exact) mass is 270 g/mol. The van der Waals surface area contributed by atoms with E-state index in [9.17, 15) is 5.11 Å². The summed E-state index contributed by atoms with van der Waals surface area (Å²) in [6.07, 6.45) is 8.22. The van der Waals surface area contributed by atoms with Gasteiger partial charge in [0.15, 0.2) is 0 Å². The standard InChI is InChI=1S/C16H34N2O/c1-4-17-13-16(9-7-5-6-8-10-16)14-18(11-12-19)15(2)3/h15,17,19H,4-14H2,1-3H3. The smallest absolute Gasteiger partial charge is 0.0558 e. The fourth-order valence-electron chi connectivity index (χ4n) is 3.34. The lowest BCUT2D eigenvalue weighted by Crippen LogP contribution is -2.47. The van der Waals surface area contributed by atoms with E-state index in [1.165, 1.54) is 38.5 Å². The zero-order valence-electron chi connectivity index (χ0n) is 13.2. The quantitative estimate of drug-likeness (QED) is 0.666. The summed E-state index contributed by atoms with van der Waals surface area (Å²) in [5.74, 6) is 0. The summed E-state index contributed by atoms with van der Waals surface area (Å²) in [5, 5.41) is 12.9. The van der Waals surface area contributed by atoms with E-state index in [0.29, 0.717) is 11.5 Å². The van der Waals surface area contributed by atoms with E-state index in [4.69, 9.17) is 0 Å². The highest BCUT2D eigenvalue weighted by molar-refractivity contribution is 4.87. The van der Waals surface area contributed by atoms with Crippen LogP contribution in [0.3, 0.4) is 0 Å². The van der Waals surface area contributed by atoms with Crippen molar-refractivity contribution in [2.75, 3.05) is 32.8 Å². The van der Waals surface area contributed by atoms with Crippen LogP contribution in [0, 0.1) is 5.41 Å². The third-order valence-electron chi connectivity index (χ3n) is 4.57. The van der Waals surface area contributed by atoms with Crippen molar-refractivity contribution in [2.45, 2.75) is 65.3 Å². The van der Waals surface area contributed by atoms with E-state index in [2.05, 4.69) is 31.0 Å². The molecule has 0 amide bonds. The molecular formula is C16H34N2O. The minimum absolute atomic E-state index is 0.273. The van der Waals surface area contributed by atoms with E-state index < -0.39 is 0 Å². The molecule has 1 aliphatic carbocycles. The Morgan fingerprint density at radius 3 is 2.26 bits per heavy atom. The molecule has 1 saturated carbocycles. The molecule has 0 saturated heterocycles. The highest BCUT2D eigenvalue weighted by Gasteiger charge is 2.33. The predicted molar refractivity (Wildman–Crippen MR) is 82.5 cm³/mol. The highest BCUT2D eigenvalue weighted by Crippen LogP contribution is 2.35. The van der Waals surface area contributed by atoms with Crippen LogP contribution in [-0.2, 0) is 0 Å². The van der Waals surface area contributed by atoms with E-state index in [0.717, 1.165) is 26.2 Å². The van der Waals surface area contributed by atoms with E-state index in [1.807, 2.05) is 0 Å². The molecule has 2 N–H and O–H groups in total. The molecule has 0 aromatic carbocycles. The SMILES string of the molecule is CCNCC1(CN(CCO)C(C)C)CCCCCC1. The van der Waals surface area contributed by atoms with Crippen molar-refractivity contribution in [3.05, 3.63) is 0 Å². The lowest BCUT2D eigenvalue weighted by molar-refractivity contribution is 0.0863. The predicted octanol–water partition coefficient (Wildman–Crippen LogP) is 2.64. The third kappa shape index (κ3) is 5.80. The molecule has 3 nitrogen and oxygen atoms in total. The van der Waals surface area contributed by atoms with Crippen LogP contribution < -0.4 is 5.32 Å². The Kier molecular flexibility index (Phi) is 7.96. The fraction of sp³-hybridized carbons (Fsp3) is 1.00. The van der Waals surface area contributed by atoms with Gasteiger partial charge in [-0.2, -0.15) is 0 Å². The molecule has 0 unspecified atom stereocenters. The molecule has 19 heavy (non-hydrogen) atoms. The molecule has 1 aliphatic rings. The van der Waals surface area contributed by atoms with Crippen molar-refractivity contribution >= 4 is 0 Å². The van der Waals surface area contributed by atoms with Crippen molar-refractivity contribution in [2.24, 2.45) is 5.41 Å². The van der Waals surface area contributed by atoms with Gasteiger partial charge in [0.1, 0.15) is 0 Å². The van der Waals surface area contributed by atoms with E-state index in [1.54, 1.807) is 0 Å².